The SMILES string of the molecule is COc1ccc(Cc2cnc(N)nc2N)cc1OCCCS(=O)c1ccc(NC(C)=O)cc1. The van der Waals surface area contributed by atoms with E-state index in [-0.39, 0.29) is 11.9 Å². The van der Waals surface area contributed by atoms with Crippen molar-refractivity contribution < 1.29 is 18.5 Å². The van der Waals surface area contributed by atoms with E-state index in [4.69, 9.17) is 20.9 Å². The number of nitrogens with one attached hydrogen (secondary N) is 1. The van der Waals surface area contributed by atoms with E-state index in [0.717, 1.165) is 11.1 Å². The Balaban J connectivity index is 1.56. The van der Waals surface area contributed by atoms with Gasteiger partial charge in [0.2, 0.25) is 11.9 Å². The highest BCUT2D eigenvalue weighted by Crippen LogP contribution is 2.29. The molecule has 1 atom stereocenters. The summed E-state index contributed by atoms with van der Waals surface area (Å²) in [7, 11) is 0.410. The van der Waals surface area contributed by atoms with Crippen LogP contribution in [0, 0.1) is 0 Å². The molecule has 2 aromatic carbocycles. The normalized spacial score (nSPS) is 11.6. The standard InChI is InChI=1S/C23H27N5O4S/c1-15(29)27-18-5-7-19(8-6-18)33(30)11-3-10-32-21-13-16(4-9-20(21)31-2)12-17-14-26-23(25)28-22(17)24/h4-9,13-14H,3,10-12H2,1-2H3,(H,27,29)(H4,24,25,26,28). The summed E-state index contributed by atoms with van der Waals surface area (Å²) in [5, 5.41) is 2.69. The number of aromatic nitrogens is 2. The molecule has 0 saturated carbocycles. The number of anilines is 3. The lowest BCUT2D eigenvalue weighted by Crippen LogP contribution is -2.07. The van der Waals surface area contributed by atoms with Crippen molar-refractivity contribution in [3.8, 4) is 11.5 Å². The number of nitrogens with zero attached hydrogens (tertiary/aromatic N) is 2. The Hall–Kier alpha value is -3.66. The van der Waals surface area contributed by atoms with E-state index in [2.05, 4.69) is 15.3 Å². The summed E-state index contributed by atoms with van der Waals surface area (Å²) >= 11 is 0. The molecule has 0 aliphatic carbocycles. The number of carbonyl (C=O) groups excluding carboxylic acids is 1. The van der Waals surface area contributed by atoms with E-state index < -0.39 is 10.8 Å². The fourth-order valence-corrected chi connectivity index (χ4v) is 4.17. The summed E-state index contributed by atoms with van der Waals surface area (Å²) in [5.41, 5.74) is 13.9. The predicted molar refractivity (Wildman–Crippen MR) is 129 cm³/mol. The van der Waals surface area contributed by atoms with Crippen molar-refractivity contribution in [1.82, 2.24) is 9.97 Å². The molecule has 3 aromatic rings. The number of rotatable bonds is 10. The van der Waals surface area contributed by atoms with Gasteiger partial charge in [-0.1, -0.05) is 6.07 Å². The average Bonchev–Trinajstić information content (AvgIpc) is 2.78. The number of methoxy groups -OCH3 is 1. The Bertz CT molecular complexity index is 1140. The van der Waals surface area contributed by atoms with Crippen LogP contribution < -0.4 is 26.3 Å². The molecular formula is C23H27N5O4S. The quantitative estimate of drug-likeness (QED) is 0.385. The first kappa shape index (κ1) is 24.0. The van der Waals surface area contributed by atoms with E-state index in [1.807, 2.05) is 18.2 Å². The van der Waals surface area contributed by atoms with Gasteiger partial charge in [0.1, 0.15) is 5.82 Å². The van der Waals surface area contributed by atoms with Crippen LogP contribution in [0.4, 0.5) is 17.5 Å². The predicted octanol–water partition coefficient (Wildman–Crippen LogP) is 2.78. The second kappa shape index (κ2) is 11.3. The van der Waals surface area contributed by atoms with Crippen molar-refractivity contribution in [3.63, 3.8) is 0 Å². The van der Waals surface area contributed by atoms with Crippen molar-refractivity contribution in [1.29, 1.82) is 0 Å². The van der Waals surface area contributed by atoms with Gasteiger partial charge in [0.25, 0.3) is 0 Å². The molecular weight excluding hydrogens is 442 g/mol. The Morgan fingerprint density at radius 3 is 2.55 bits per heavy atom. The molecule has 10 heteroatoms. The number of hydrogen-bond donors (Lipinski definition) is 3. The third-order valence-corrected chi connectivity index (χ3v) is 6.17. The number of ether oxygens (including phenoxy) is 2. The molecule has 0 spiro atoms. The largest absolute Gasteiger partial charge is 0.493 e. The van der Waals surface area contributed by atoms with Gasteiger partial charge in [-0.05, 0) is 48.4 Å². The van der Waals surface area contributed by atoms with Gasteiger partial charge in [-0.25, -0.2) is 4.98 Å². The maximum Gasteiger partial charge on any atom is 0.221 e. The maximum atomic E-state index is 12.5. The van der Waals surface area contributed by atoms with Crippen molar-refractivity contribution in [2.75, 3.05) is 36.3 Å². The first-order chi connectivity index (χ1) is 15.9. The zero-order chi connectivity index (χ0) is 23.8. The molecule has 1 unspecified atom stereocenters. The van der Waals surface area contributed by atoms with Crippen molar-refractivity contribution in [3.05, 3.63) is 59.8 Å². The average molecular weight is 470 g/mol. The van der Waals surface area contributed by atoms with Crippen LogP contribution in [0.1, 0.15) is 24.5 Å². The number of hydrogen-bond acceptors (Lipinski definition) is 8. The summed E-state index contributed by atoms with van der Waals surface area (Å²) < 4.78 is 23.8. The van der Waals surface area contributed by atoms with Crippen molar-refractivity contribution in [2.24, 2.45) is 0 Å². The molecule has 3 rings (SSSR count). The number of benzene rings is 2. The van der Waals surface area contributed by atoms with Gasteiger partial charge in [0, 0.05) is 41.4 Å². The first-order valence-electron chi connectivity index (χ1n) is 10.3. The van der Waals surface area contributed by atoms with Gasteiger partial charge >= 0.3 is 0 Å². The van der Waals surface area contributed by atoms with Gasteiger partial charge in [0.15, 0.2) is 11.5 Å². The molecule has 33 heavy (non-hydrogen) atoms. The first-order valence-corrected chi connectivity index (χ1v) is 11.6. The minimum absolute atomic E-state index is 0.135. The summed E-state index contributed by atoms with van der Waals surface area (Å²) in [5.74, 6) is 1.97. The third-order valence-electron chi connectivity index (χ3n) is 4.71. The van der Waals surface area contributed by atoms with Crippen LogP contribution >= 0.6 is 0 Å². The third kappa shape index (κ3) is 6.91. The van der Waals surface area contributed by atoms with Crippen LogP contribution in [0.3, 0.4) is 0 Å². The van der Waals surface area contributed by atoms with Gasteiger partial charge in [-0.3, -0.25) is 9.00 Å². The Labute approximate surface area is 195 Å². The highest BCUT2D eigenvalue weighted by Gasteiger charge is 2.10. The van der Waals surface area contributed by atoms with Gasteiger partial charge in [-0.15, -0.1) is 0 Å². The van der Waals surface area contributed by atoms with Gasteiger partial charge in [0.05, 0.1) is 24.5 Å². The molecule has 0 aliphatic rings. The van der Waals surface area contributed by atoms with Crippen molar-refractivity contribution >= 4 is 34.2 Å². The van der Waals surface area contributed by atoms with Crippen LogP contribution in [-0.4, -0.2) is 39.6 Å². The van der Waals surface area contributed by atoms with Crippen LogP contribution in [-0.2, 0) is 22.0 Å². The minimum atomic E-state index is -1.17. The summed E-state index contributed by atoms with van der Waals surface area (Å²) in [6, 6.07) is 12.6. The number of carbonyl (C=O) groups is 1. The molecule has 1 amide bonds. The van der Waals surface area contributed by atoms with E-state index in [0.29, 0.717) is 53.1 Å². The topological polar surface area (TPSA) is 142 Å². The van der Waals surface area contributed by atoms with Crippen LogP contribution in [0.2, 0.25) is 0 Å². The van der Waals surface area contributed by atoms with Crippen LogP contribution in [0.25, 0.3) is 0 Å². The molecule has 0 radical (unpaired) electrons. The molecule has 174 valence electrons. The molecule has 0 bridgehead atoms. The zero-order valence-corrected chi connectivity index (χ0v) is 19.4. The lowest BCUT2D eigenvalue weighted by Gasteiger charge is -2.13. The highest BCUT2D eigenvalue weighted by atomic mass is 32.2. The van der Waals surface area contributed by atoms with E-state index >= 15 is 0 Å². The fraction of sp³-hybridized carbons (Fsp3) is 0.261. The molecule has 1 heterocycles. The maximum absolute atomic E-state index is 12.5. The van der Waals surface area contributed by atoms with Crippen LogP contribution in [0.5, 0.6) is 11.5 Å². The fourth-order valence-electron chi connectivity index (χ4n) is 3.12. The molecule has 9 nitrogen and oxygen atoms in total. The van der Waals surface area contributed by atoms with Crippen LogP contribution in [0.15, 0.2) is 53.6 Å². The van der Waals surface area contributed by atoms with Gasteiger partial charge < -0.3 is 26.3 Å². The minimum Gasteiger partial charge on any atom is -0.493 e. The lowest BCUT2D eigenvalue weighted by molar-refractivity contribution is -0.114. The van der Waals surface area contributed by atoms with E-state index in [1.165, 1.54) is 6.92 Å². The highest BCUT2D eigenvalue weighted by molar-refractivity contribution is 7.85. The number of nitrogens with two attached hydrogens (primary N) is 2. The molecule has 0 saturated heterocycles. The Morgan fingerprint density at radius 1 is 1.12 bits per heavy atom. The van der Waals surface area contributed by atoms with Gasteiger partial charge in [-0.2, -0.15) is 4.98 Å². The molecule has 0 aliphatic heterocycles. The molecule has 5 N–H and O–H groups in total. The zero-order valence-electron chi connectivity index (χ0n) is 18.5. The second-order valence-corrected chi connectivity index (χ2v) is 8.83. The van der Waals surface area contributed by atoms with E-state index in [9.17, 15) is 9.00 Å². The Kier molecular flexibility index (Phi) is 8.20. The van der Waals surface area contributed by atoms with E-state index in [1.54, 1.807) is 37.6 Å². The summed E-state index contributed by atoms with van der Waals surface area (Å²) in [4.78, 5) is 19.8. The number of amides is 1. The second-order valence-electron chi connectivity index (χ2n) is 7.26. The monoisotopic (exact) mass is 469 g/mol. The Morgan fingerprint density at radius 2 is 1.88 bits per heavy atom. The summed E-state index contributed by atoms with van der Waals surface area (Å²) in [6.07, 6.45) is 2.72. The number of nitrogen functional groups attached to an aromatic ring is 2. The van der Waals surface area contributed by atoms with Crippen molar-refractivity contribution in [2.45, 2.75) is 24.7 Å². The molecule has 1 aromatic heterocycles. The smallest absolute Gasteiger partial charge is 0.221 e. The lowest BCUT2D eigenvalue weighted by atomic mass is 10.1. The summed E-state index contributed by atoms with van der Waals surface area (Å²) in [6.45, 7) is 1.82. The molecule has 0 fully saturated rings.